The fourth-order valence-corrected chi connectivity index (χ4v) is 4.37. The van der Waals surface area contributed by atoms with Crippen LogP contribution in [0.5, 0.6) is 0 Å². The van der Waals surface area contributed by atoms with Crippen LogP contribution < -0.4 is 5.32 Å². The van der Waals surface area contributed by atoms with E-state index in [4.69, 9.17) is 9.47 Å². The first kappa shape index (κ1) is 21.3. The van der Waals surface area contributed by atoms with Crippen molar-refractivity contribution in [3.8, 4) is 0 Å². The predicted octanol–water partition coefficient (Wildman–Crippen LogP) is 4.83. The normalized spacial score (nSPS) is 20.0. The van der Waals surface area contributed by atoms with Crippen molar-refractivity contribution < 1.29 is 27.8 Å². The van der Waals surface area contributed by atoms with Crippen molar-refractivity contribution in [1.29, 1.82) is 0 Å². The van der Waals surface area contributed by atoms with Gasteiger partial charge in [-0.2, -0.15) is 0 Å². The van der Waals surface area contributed by atoms with Crippen molar-refractivity contribution in [1.82, 2.24) is 5.32 Å². The highest BCUT2D eigenvalue weighted by atomic mass is 19.3. The second kappa shape index (κ2) is 7.76. The molecule has 0 unspecified atom stereocenters. The van der Waals surface area contributed by atoms with Gasteiger partial charge >= 0.3 is 6.16 Å². The molecule has 1 fully saturated rings. The van der Waals surface area contributed by atoms with E-state index in [1.165, 1.54) is 0 Å². The van der Waals surface area contributed by atoms with Crippen LogP contribution in [0.25, 0.3) is 5.57 Å². The Labute approximate surface area is 169 Å². The SMILES string of the molecule is CCOC(=O)OC1=C(c2c(C)cc(C)cc2CC)C(=O)NC12CCC(F)(F)CC2. The van der Waals surface area contributed by atoms with Crippen LogP contribution in [0.2, 0.25) is 0 Å². The van der Waals surface area contributed by atoms with Crippen molar-refractivity contribution in [2.24, 2.45) is 0 Å². The number of aryl methyl sites for hydroxylation is 3. The first-order chi connectivity index (χ1) is 13.6. The van der Waals surface area contributed by atoms with Crippen LogP contribution in [0, 0.1) is 13.8 Å². The molecule has 1 spiro atoms. The Balaban J connectivity index is 2.18. The van der Waals surface area contributed by atoms with E-state index in [-0.39, 0.29) is 43.6 Å². The number of nitrogens with one attached hydrogen (secondary N) is 1. The summed E-state index contributed by atoms with van der Waals surface area (Å²) in [4.78, 5) is 25.2. The number of rotatable bonds is 4. The summed E-state index contributed by atoms with van der Waals surface area (Å²) in [6.07, 6.45) is -1.04. The molecule has 5 nitrogen and oxygen atoms in total. The Morgan fingerprint density at radius 2 is 1.79 bits per heavy atom. The van der Waals surface area contributed by atoms with Crippen LogP contribution in [0.3, 0.4) is 0 Å². The molecule has 1 amide bonds. The summed E-state index contributed by atoms with van der Waals surface area (Å²) in [6.45, 7) is 7.60. The lowest BCUT2D eigenvalue weighted by Gasteiger charge is -2.37. The quantitative estimate of drug-likeness (QED) is 0.727. The summed E-state index contributed by atoms with van der Waals surface area (Å²) in [6, 6.07) is 3.95. The van der Waals surface area contributed by atoms with Crippen LogP contribution in [0.4, 0.5) is 13.6 Å². The minimum atomic E-state index is -2.79. The van der Waals surface area contributed by atoms with Gasteiger partial charge in [0, 0.05) is 12.8 Å². The number of alkyl halides is 2. The van der Waals surface area contributed by atoms with Crippen LogP contribution in [0.15, 0.2) is 17.9 Å². The Hall–Kier alpha value is -2.44. The highest BCUT2D eigenvalue weighted by molar-refractivity contribution is 6.24. The van der Waals surface area contributed by atoms with Crippen molar-refractivity contribution in [2.75, 3.05) is 6.61 Å². The third kappa shape index (κ3) is 4.00. The van der Waals surface area contributed by atoms with Gasteiger partial charge in [-0.05, 0) is 56.7 Å². The lowest BCUT2D eigenvalue weighted by molar-refractivity contribution is -0.118. The maximum Gasteiger partial charge on any atom is 0.513 e. The first-order valence-electron chi connectivity index (χ1n) is 10.0. The zero-order valence-electron chi connectivity index (χ0n) is 17.3. The van der Waals surface area contributed by atoms with Gasteiger partial charge in [0.05, 0.1) is 17.7 Å². The molecular formula is C22H27F2NO4. The van der Waals surface area contributed by atoms with Gasteiger partial charge in [-0.15, -0.1) is 0 Å². The molecule has 0 saturated heterocycles. The number of ether oxygens (including phenoxy) is 2. The van der Waals surface area contributed by atoms with E-state index in [1.54, 1.807) is 6.92 Å². The number of hydrogen-bond acceptors (Lipinski definition) is 4. The first-order valence-corrected chi connectivity index (χ1v) is 10.0. The molecule has 1 saturated carbocycles. The van der Waals surface area contributed by atoms with E-state index in [0.29, 0.717) is 12.0 Å². The van der Waals surface area contributed by atoms with Crippen molar-refractivity contribution in [3.05, 3.63) is 40.1 Å². The third-order valence-electron chi connectivity index (χ3n) is 5.72. The van der Waals surface area contributed by atoms with E-state index >= 15 is 0 Å². The smallest absolute Gasteiger partial charge is 0.434 e. The monoisotopic (exact) mass is 407 g/mol. The molecule has 1 heterocycles. The fraction of sp³-hybridized carbons (Fsp3) is 0.545. The lowest BCUT2D eigenvalue weighted by atomic mass is 9.78. The second-order valence-electron chi connectivity index (χ2n) is 7.85. The number of carbonyl (C=O) groups excluding carboxylic acids is 2. The minimum Gasteiger partial charge on any atom is -0.434 e. The maximum absolute atomic E-state index is 13.8. The highest BCUT2D eigenvalue weighted by Gasteiger charge is 2.53. The zero-order chi connectivity index (χ0) is 21.4. The summed E-state index contributed by atoms with van der Waals surface area (Å²) in [5.41, 5.74) is 2.69. The third-order valence-corrected chi connectivity index (χ3v) is 5.72. The van der Waals surface area contributed by atoms with Crippen LogP contribution in [-0.4, -0.2) is 30.1 Å². The summed E-state index contributed by atoms with van der Waals surface area (Å²) in [7, 11) is 0. The topological polar surface area (TPSA) is 64.6 Å². The van der Waals surface area contributed by atoms with Gasteiger partial charge in [0.25, 0.3) is 5.91 Å². The van der Waals surface area contributed by atoms with E-state index in [0.717, 1.165) is 16.7 Å². The molecule has 3 rings (SSSR count). The van der Waals surface area contributed by atoms with E-state index < -0.39 is 23.5 Å². The molecule has 2 aliphatic rings. The Morgan fingerprint density at radius 3 is 2.38 bits per heavy atom. The standard InChI is InChI=1S/C22H27F2NO4/c1-5-15-12-13(3)11-14(4)16(15)17-18(29-20(27)28-6-2)21(25-19(17)26)7-9-22(23,24)10-8-21/h11-12H,5-10H2,1-4H3,(H,25,26). The molecule has 1 aromatic rings. The summed E-state index contributed by atoms with van der Waals surface area (Å²) >= 11 is 0. The van der Waals surface area contributed by atoms with Gasteiger partial charge in [-0.1, -0.05) is 24.6 Å². The predicted molar refractivity (Wildman–Crippen MR) is 105 cm³/mol. The molecule has 29 heavy (non-hydrogen) atoms. The number of halogens is 2. The van der Waals surface area contributed by atoms with Crippen LogP contribution in [-0.2, 0) is 20.7 Å². The molecule has 0 aromatic heterocycles. The largest absolute Gasteiger partial charge is 0.513 e. The zero-order valence-corrected chi connectivity index (χ0v) is 17.3. The van der Waals surface area contributed by atoms with Gasteiger partial charge in [-0.3, -0.25) is 4.79 Å². The summed E-state index contributed by atoms with van der Waals surface area (Å²) in [5, 5.41) is 2.87. The summed E-state index contributed by atoms with van der Waals surface area (Å²) in [5.74, 6) is -3.09. The highest BCUT2D eigenvalue weighted by Crippen LogP contribution is 2.48. The van der Waals surface area contributed by atoms with Crippen LogP contribution in [0.1, 0.15) is 61.8 Å². The summed E-state index contributed by atoms with van der Waals surface area (Å²) < 4.78 is 38.1. The number of carbonyl (C=O) groups is 2. The average molecular weight is 407 g/mol. The molecule has 158 valence electrons. The molecule has 1 aliphatic heterocycles. The molecule has 0 bridgehead atoms. The fourth-order valence-electron chi connectivity index (χ4n) is 4.37. The molecular weight excluding hydrogens is 380 g/mol. The van der Waals surface area contributed by atoms with Gasteiger partial charge in [0.1, 0.15) is 5.76 Å². The van der Waals surface area contributed by atoms with Gasteiger partial charge in [-0.25, -0.2) is 13.6 Å². The Morgan fingerprint density at radius 1 is 1.14 bits per heavy atom. The van der Waals surface area contributed by atoms with E-state index in [9.17, 15) is 18.4 Å². The Bertz CT molecular complexity index is 866. The molecule has 1 N–H and O–H groups in total. The minimum absolute atomic E-state index is 0.00363. The van der Waals surface area contributed by atoms with E-state index in [2.05, 4.69) is 5.32 Å². The van der Waals surface area contributed by atoms with Gasteiger partial charge < -0.3 is 14.8 Å². The molecule has 1 aliphatic carbocycles. The van der Waals surface area contributed by atoms with E-state index in [1.807, 2.05) is 32.9 Å². The van der Waals surface area contributed by atoms with Crippen molar-refractivity contribution in [2.45, 2.75) is 71.3 Å². The van der Waals surface area contributed by atoms with Crippen LogP contribution >= 0.6 is 0 Å². The number of hydrogen-bond donors (Lipinski definition) is 1. The molecule has 0 radical (unpaired) electrons. The molecule has 0 atom stereocenters. The second-order valence-corrected chi connectivity index (χ2v) is 7.85. The average Bonchev–Trinajstić information content (AvgIpc) is 2.89. The number of benzene rings is 1. The maximum atomic E-state index is 13.8. The van der Waals surface area contributed by atoms with Gasteiger partial charge in [0.15, 0.2) is 0 Å². The lowest BCUT2D eigenvalue weighted by Crippen LogP contribution is -2.50. The van der Waals surface area contributed by atoms with Crippen molar-refractivity contribution >= 4 is 17.6 Å². The number of amides is 1. The van der Waals surface area contributed by atoms with Gasteiger partial charge in [0.2, 0.25) is 5.92 Å². The molecule has 7 heteroatoms. The van der Waals surface area contributed by atoms with Crippen molar-refractivity contribution in [3.63, 3.8) is 0 Å². The molecule has 1 aromatic carbocycles. The Kier molecular flexibility index (Phi) is 5.70.